The van der Waals surface area contributed by atoms with Gasteiger partial charge in [-0.25, -0.2) is 4.79 Å². The Hall–Kier alpha value is -1.82. The van der Waals surface area contributed by atoms with Crippen LogP contribution in [-0.4, -0.2) is 41.5 Å². The number of hydrogen-bond donors (Lipinski definition) is 2. The van der Waals surface area contributed by atoms with E-state index < -0.39 is 5.97 Å². The lowest BCUT2D eigenvalue weighted by Gasteiger charge is -2.14. The lowest BCUT2D eigenvalue weighted by molar-refractivity contribution is -0.122. The van der Waals surface area contributed by atoms with Crippen molar-refractivity contribution in [2.45, 2.75) is 25.4 Å². The standard InChI is InChI=1S/C12H16N2O4/c1-14(6-11(15)13-9-2-3-9)5-10-4-8(7-18-10)12(16)17/h4,7,9H,2-3,5-6H2,1H3,(H,13,15)(H,16,17). The van der Waals surface area contributed by atoms with E-state index >= 15 is 0 Å². The maximum Gasteiger partial charge on any atom is 0.338 e. The number of aromatic carboxylic acids is 1. The van der Waals surface area contributed by atoms with Gasteiger partial charge in [-0.3, -0.25) is 9.69 Å². The van der Waals surface area contributed by atoms with Gasteiger partial charge in [0.25, 0.3) is 0 Å². The zero-order valence-corrected chi connectivity index (χ0v) is 10.2. The van der Waals surface area contributed by atoms with E-state index in [-0.39, 0.29) is 18.0 Å². The second-order valence-electron chi connectivity index (χ2n) is 4.62. The first-order valence-corrected chi connectivity index (χ1v) is 5.83. The first-order valence-electron chi connectivity index (χ1n) is 5.83. The Labute approximate surface area is 105 Å². The van der Waals surface area contributed by atoms with Crippen LogP contribution in [0.4, 0.5) is 0 Å². The molecule has 0 atom stereocenters. The number of likely N-dealkylation sites (N-methyl/N-ethyl adjacent to an activating group) is 1. The van der Waals surface area contributed by atoms with Gasteiger partial charge in [0.15, 0.2) is 0 Å². The highest BCUT2D eigenvalue weighted by molar-refractivity contribution is 5.87. The molecule has 1 aliphatic carbocycles. The van der Waals surface area contributed by atoms with Crippen molar-refractivity contribution in [3.8, 4) is 0 Å². The van der Waals surface area contributed by atoms with Gasteiger partial charge < -0.3 is 14.8 Å². The molecule has 0 bridgehead atoms. The minimum atomic E-state index is -1.01. The van der Waals surface area contributed by atoms with E-state index in [2.05, 4.69) is 5.32 Å². The summed E-state index contributed by atoms with van der Waals surface area (Å²) >= 11 is 0. The van der Waals surface area contributed by atoms with Crippen LogP contribution in [0.5, 0.6) is 0 Å². The van der Waals surface area contributed by atoms with Crippen molar-refractivity contribution in [2.24, 2.45) is 0 Å². The molecule has 1 fully saturated rings. The normalized spacial score (nSPS) is 14.8. The van der Waals surface area contributed by atoms with Gasteiger partial charge in [-0.05, 0) is 26.0 Å². The van der Waals surface area contributed by atoms with Gasteiger partial charge in [-0.1, -0.05) is 0 Å². The van der Waals surface area contributed by atoms with E-state index in [1.54, 1.807) is 11.9 Å². The van der Waals surface area contributed by atoms with Gasteiger partial charge in [0.2, 0.25) is 5.91 Å². The average Bonchev–Trinajstić information content (AvgIpc) is 2.93. The molecule has 0 aliphatic heterocycles. The highest BCUT2D eigenvalue weighted by atomic mass is 16.4. The molecule has 6 heteroatoms. The fourth-order valence-electron chi connectivity index (χ4n) is 1.64. The maximum atomic E-state index is 11.5. The molecule has 0 unspecified atom stereocenters. The highest BCUT2D eigenvalue weighted by Gasteiger charge is 2.23. The Bertz CT molecular complexity index is 451. The van der Waals surface area contributed by atoms with Crippen molar-refractivity contribution in [1.82, 2.24) is 10.2 Å². The van der Waals surface area contributed by atoms with Gasteiger partial charge in [-0.15, -0.1) is 0 Å². The fourth-order valence-corrected chi connectivity index (χ4v) is 1.64. The maximum absolute atomic E-state index is 11.5. The van der Waals surface area contributed by atoms with Gasteiger partial charge in [-0.2, -0.15) is 0 Å². The van der Waals surface area contributed by atoms with Crippen LogP contribution in [0.1, 0.15) is 29.0 Å². The third kappa shape index (κ3) is 3.59. The molecule has 98 valence electrons. The van der Waals surface area contributed by atoms with Crippen molar-refractivity contribution in [3.63, 3.8) is 0 Å². The van der Waals surface area contributed by atoms with Crippen LogP contribution in [0.25, 0.3) is 0 Å². The zero-order valence-electron chi connectivity index (χ0n) is 10.2. The number of carbonyl (C=O) groups excluding carboxylic acids is 1. The minimum absolute atomic E-state index is 0.00925. The lowest BCUT2D eigenvalue weighted by Crippen LogP contribution is -2.35. The first kappa shape index (κ1) is 12.6. The average molecular weight is 252 g/mol. The van der Waals surface area contributed by atoms with E-state index in [0.717, 1.165) is 12.8 Å². The van der Waals surface area contributed by atoms with E-state index in [1.165, 1.54) is 12.3 Å². The number of carboxylic acids is 1. The molecular weight excluding hydrogens is 236 g/mol. The summed E-state index contributed by atoms with van der Waals surface area (Å²) in [7, 11) is 1.79. The van der Waals surface area contributed by atoms with Crippen LogP contribution < -0.4 is 5.32 Å². The van der Waals surface area contributed by atoms with Gasteiger partial charge in [0.05, 0.1) is 18.7 Å². The predicted octanol–water partition coefficient (Wildman–Crippen LogP) is 0.688. The molecule has 1 aliphatic rings. The number of furan rings is 1. The van der Waals surface area contributed by atoms with Crippen LogP contribution in [0.2, 0.25) is 0 Å². The summed E-state index contributed by atoms with van der Waals surface area (Å²) in [6.45, 7) is 0.685. The molecule has 1 aromatic heterocycles. The summed E-state index contributed by atoms with van der Waals surface area (Å²) in [5.74, 6) is -0.488. The van der Waals surface area contributed by atoms with Crippen molar-refractivity contribution < 1.29 is 19.1 Å². The molecule has 18 heavy (non-hydrogen) atoms. The van der Waals surface area contributed by atoms with Crippen LogP contribution in [0, 0.1) is 0 Å². The third-order valence-electron chi connectivity index (χ3n) is 2.68. The van der Waals surface area contributed by atoms with Crippen molar-refractivity contribution >= 4 is 11.9 Å². The molecule has 1 heterocycles. The van der Waals surface area contributed by atoms with Crippen LogP contribution in [-0.2, 0) is 11.3 Å². The molecule has 0 saturated heterocycles. The van der Waals surface area contributed by atoms with Crippen LogP contribution in [0.3, 0.4) is 0 Å². The first-order chi connectivity index (χ1) is 8.54. The second kappa shape index (κ2) is 5.22. The number of rotatable bonds is 6. The molecule has 2 N–H and O–H groups in total. The van der Waals surface area contributed by atoms with Gasteiger partial charge in [0, 0.05) is 6.04 Å². The number of nitrogens with zero attached hydrogens (tertiary/aromatic N) is 1. The summed E-state index contributed by atoms with van der Waals surface area (Å²) in [6.07, 6.45) is 3.33. The molecule has 1 aromatic rings. The Morgan fingerprint density at radius 1 is 1.56 bits per heavy atom. The van der Waals surface area contributed by atoms with E-state index in [4.69, 9.17) is 9.52 Å². The Kier molecular flexibility index (Phi) is 3.66. The molecule has 0 radical (unpaired) electrons. The number of carbonyl (C=O) groups is 2. The van der Waals surface area contributed by atoms with Gasteiger partial charge in [0.1, 0.15) is 12.0 Å². The quantitative estimate of drug-likeness (QED) is 0.778. The van der Waals surface area contributed by atoms with Crippen molar-refractivity contribution in [2.75, 3.05) is 13.6 Å². The molecular formula is C12H16N2O4. The minimum Gasteiger partial charge on any atom is -0.478 e. The SMILES string of the molecule is CN(CC(=O)NC1CC1)Cc1cc(C(=O)O)co1. The molecule has 1 amide bonds. The van der Waals surface area contributed by atoms with Crippen molar-refractivity contribution in [3.05, 3.63) is 23.7 Å². The smallest absolute Gasteiger partial charge is 0.338 e. The predicted molar refractivity (Wildman–Crippen MR) is 63.2 cm³/mol. The Balaban J connectivity index is 1.79. The largest absolute Gasteiger partial charge is 0.478 e. The Morgan fingerprint density at radius 2 is 2.28 bits per heavy atom. The van der Waals surface area contributed by atoms with Crippen molar-refractivity contribution in [1.29, 1.82) is 0 Å². The number of hydrogen-bond acceptors (Lipinski definition) is 4. The molecule has 1 saturated carbocycles. The van der Waals surface area contributed by atoms with E-state index in [0.29, 0.717) is 18.3 Å². The Morgan fingerprint density at radius 3 is 2.83 bits per heavy atom. The lowest BCUT2D eigenvalue weighted by atomic mass is 10.3. The summed E-state index contributed by atoms with van der Waals surface area (Å²) in [5.41, 5.74) is 0.126. The third-order valence-corrected chi connectivity index (χ3v) is 2.68. The fraction of sp³-hybridized carbons (Fsp3) is 0.500. The molecule has 2 rings (SSSR count). The van der Waals surface area contributed by atoms with E-state index in [1.807, 2.05) is 0 Å². The molecule has 0 aromatic carbocycles. The number of amides is 1. The number of nitrogens with one attached hydrogen (secondary N) is 1. The summed E-state index contributed by atoms with van der Waals surface area (Å²) in [6, 6.07) is 1.82. The summed E-state index contributed by atoms with van der Waals surface area (Å²) < 4.78 is 5.12. The molecule has 6 nitrogen and oxygen atoms in total. The highest BCUT2D eigenvalue weighted by Crippen LogP contribution is 2.18. The van der Waals surface area contributed by atoms with E-state index in [9.17, 15) is 9.59 Å². The van der Waals surface area contributed by atoms with Gasteiger partial charge >= 0.3 is 5.97 Å². The second-order valence-corrected chi connectivity index (χ2v) is 4.62. The molecule has 0 spiro atoms. The van der Waals surface area contributed by atoms with Crippen LogP contribution >= 0.6 is 0 Å². The topological polar surface area (TPSA) is 82.8 Å². The summed E-state index contributed by atoms with van der Waals surface area (Å²) in [4.78, 5) is 24.0. The van der Waals surface area contributed by atoms with Crippen LogP contribution in [0.15, 0.2) is 16.7 Å². The summed E-state index contributed by atoms with van der Waals surface area (Å²) in [5, 5.41) is 11.6. The zero-order chi connectivity index (χ0) is 13.1. The number of carboxylic acid groups (broad SMARTS) is 1. The monoisotopic (exact) mass is 252 g/mol.